The number of rotatable bonds is 7. The minimum Gasteiger partial charge on any atom is -0.433 e. The molecule has 1 N–H and O–H groups in total. The number of anilines is 1. The van der Waals surface area contributed by atoms with E-state index < -0.39 is 6.61 Å². The molecule has 0 saturated heterocycles. The summed E-state index contributed by atoms with van der Waals surface area (Å²) in [5.74, 6) is -0.363. The number of nitrogens with zero attached hydrogens (tertiary/aromatic N) is 1. The number of amides is 1. The second kappa shape index (κ2) is 8.61. The minimum absolute atomic E-state index is 0.00531. The van der Waals surface area contributed by atoms with Gasteiger partial charge >= 0.3 is 6.61 Å². The highest BCUT2D eigenvalue weighted by Crippen LogP contribution is 2.28. The molecule has 1 amide bonds. The van der Waals surface area contributed by atoms with Gasteiger partial charge in [0.2, 0.25) is 5.91 Å². The summed E-state index contributed by atoms with van der Waals surface area (Å²) in [5.41, 5.74) is 1.52. The fourth-order valence-electron chi connectivity index (χ4n) is 2.17. The zero-order chi connectivity index (χ0) is 17.5. The average molecular weight is 355 g/mol. The Labute approximate surface area is 144 Å². The lowest BCUT2D eigenvalue weighted by molar-refractivity contribution is -0.117. The summed E-state index contributed by atoms with van der Waals surface area (Å²) in [7, 11) is 1.83. The van der Waals surface area contributed by atoms with Crippen LogP contribution in [0.2, 0.25) is 5.02 Å². The van der Waals surface area contributed by atoms with Crippen molar-refractivity contribution in [2.45, 2.75) is 13.2 Å². The van der Waals surface area contributed by atoms with Gasteiger partial charge in [0.25, 0.3) is 0 Å². The molecule has 0 aliphatic rings. The van der Waals surface area contributed by atoms with E-state index in [0.29, 0.717) is 12.2 Å². The highest BCUT2D eigenvalue weighted by molar-refractivity contribution is 6.32. The van der Waals surface area contributed by atoms with E-state index in [4.69, 9.17) is 11.6 Å². The summed E-state index contributed by atoms with van der Waals surface area (Å²) in [6, 6.07) is 13.9. The topological polar surface area (TPSA) is 41.6 Å². The van der Waals surface area contributed by atoms with Crippen molar-refractivity contribution in [1.82, 2.24) is 4.90 Å². The summed E-state index contributed by atoms with van der Waals surface area (Å²) >= 11 is 5.85. The van der Waals surface area contributed by atoms with E-state index in [0.717, 1.165) is 5.56 Å². The Bertz CT molecular complexity index is 684. The lowest BCUT2D eigenvalue weighted by atomic mass is 10.2. The van der Waals surface area contributed by atoms with Gasteiger partial charge in [-0.05, 0) is 30.8 Å². The molecule has 7 heteroatoms. The average Bonchev–Trinajstić information content (AvgIpc) is 2.50. The number of ether oxygens (including phenoxy) is 1. The van der Waals surface area contributed by atoms with Crippen molar-refractivity contribution in [3.63, 3.8) is 0 Å². The van der Waals surface area contributed by atoms with E-state index in [2.05, 4.69) is 10.1 Å². The van der Waals surface area contributed by atoms with Gasteiger partial charge in [0.1, 0.15) is 5.75 Å². The first-order valence-corrected chi connectivity index (χ1v) is 7.58. The molecule has 24 heavy (non-hydrogen) atoms. The van der Waals surface area contributed by atoms with Gasteiger partial charge in [0, 0.05) is 12.2 Å². The van der Waals surface area contributed by atoms with E-state index in [1.807, 2.05) is 42.3 Å². The van der Waals surface area contributed by atoms with Crippen LogP contribution in [0.1, 0.15) is 5.56 Å². The van der Waals surface area contributed by atoms with Crippen molar-refractivity contribution in [1.29, 1.82) is 0 Å². The molecule has 0 saturated carbocycles. The Kier molecular flexibility index (Phi) is 6.52. The van der Waals surface area contributed by atoms with E-state index in [1.54, 1.807) is 0 Å². The molecule has 0 aliphatic carbocycles. The van der Waals surface area contributed by atoms with Crippen molar-refractivity contribution >= 4 is 23.2 Å². The van der Waals surface area contributed by atoms with Gasteiger partial charge < -0.3 is 10.1 Å². The smallest absolute Gasteiger partial charge is 0.387 e. The fourth-order valence-corrected chi connectivity index (χ4v) is 2.39. The van der Waals surface area contributed by atoms with E-state index in [-0.39, 0.29) is 23.2 Å². The molecular formula is C17H17ClF2N2O2. The second-order valence-corrected chi connectivity index (χ2v) is 5.64. The lowest BCUT2D eigenvalue weighted by Crippen LogP contribution is -2.29. The van der Waals surface area contributed by atoms with Crippen molar-refractivity contribution in [2.75, 3.05) is 18.9 Å². The van der Waals surface area contributed by atoms with Crippen LogP contribution in [0.3, 0.4) is 0 Å². The molecule has 0 unspecified atom stereocenters. The Morgan fingerprint density at radius 1 is 1.25 bits per heavy atom. The molecule has 4 nitrogen and oxygen atoms in total. The molecule has 0 bridgehead atoms. The number of hydrogen-bond acceptors (Lipinski definition) is 3. The molecule has 2 rings (SSSR count). The monoisotopic (exact) mass is 354 g/mol. The van der Waals surface area contributed by atoms with Crippen LogP contribution in [-0.4, -0.2) is 31.0 Å². The molecule has 0 atom stereocenters. The van der Waals surface area contributed by atoms with Crippen LogP contribution in [0.5, 0.6) is 5.75 Å². The predicted octanol–water partition coefficient (Wildman–Crippen LogP) is 4.01. The van der Waals surface area contributed by atoms with E-state index in [9.17, 15) is 13.6 Å². The quantitative estimate of drug-likeness (QED) is 0.816. The van der Waals surface area contributed by atoms with Crippen LogP contribution < -0.4 is 10.1 Å². The van der Waals surface area contributed by atoms with Crippen LogP contribution in [0.15, 0.2) is 48.5 Å². The van der Waals surface area contributed by atoms with Crippen molar-refractivity contribution < 1.29 is 18.3 Å². The number of halogens is 3. The largest absolute Gasteiger partial charge is 0.433 e. The normalized spacial score (nSPS) is 10.9. The molecule has 2 aromatic carbocycles. The lowest BCUT2D eigenvalue weighted by Gasteiger charge is -2.16. The Hall–Kier alpha value is -2.18. The van der Waals surface area contributed by atoms with Crippen LogP contribution >= 0.6 is 11.6 Å². The predicted molar refractivity (Wildman–Crippen MR) is 89.5 cm³/mol. The molecule has 0 heterocycles. The summed E-state index contributed by atoms with van der Waals surface area (Å²) in [6.45, 7) is -2.13. The summed E-state index contributed by atoms with van der Waals surface area (Å²) in [4.78, 5) is 13.9. The molecular weight excluding hydrogens is 338 g/mol. The number of likely N-dealkylation sites (N-methyl/N-ethyl adjacent to an activating group) is 1. The maximum absolute atomic E-state index is 12.2. The van der Waals surface area contributed by atoms with Crippen LogP contribution in [0.25, 0.3) is 0 Å². The molecule has 2 aromatic rings. The number of hydrogen-bond donors (Lipinski definition) is 1. The third-order valence-electron chi connectivity index (χ3n) is 3.14. The maximum Gasteiger partial charge on any atom is 0.387 e. The van der Waals surface area contributed by atoms with Crippen LogP contribution in [0.4, 0.5) is 14.5 Å². The Balaban J connectivity index is 1.88. The number of carbonyl (C=O) groups is 1. The number of benzene rings is 2. The van der Waals surface area contributed by atoms with Gasteiger partial charge in [-0.3, -0.25) is 9.69 Å². The molecule has 0 spiro atoms. The third kappa shape index (κ3) is 5.79. The Morgan fingerprint density at radius 3 is 2.58 bits per heavy atom. The van der Waals surface area contributed by atoms with Gasteiger partial charge in [-0.25, -0.2) is 0 Å². The van der Waals surface area contributed by atoms with E-state index >= 15 is 0 Å². The number of alkyl halides is 2. The molecule has 0 radical (unpaired) electrons. The van der Waals surface area contributed by atoms with Crippen LogP contribution in [-0.2, 0) is 11.3 Å². The summed E-state index contributed by atoms with van der Waals surface area (Å²) in [6.07, 6.45) is 0. The third-order valence-corrected chi connectivity index (χ3v) is 3.44. The van der Waals surface area contributed by atoms with Gasteiger partial charge in [-0.2, -0.15) is 8.78 Å². The summed E-state index contributed by atoms with van der Waals surface area (Å²) in [5, 5.41) is 2.68. The standard InChI is InChI=1S/C17H17ClF2N2O2/c1-22(10-12-5-3-2-4-6-12)11-16(23)21-13-7-8-15(14(18)9-13)24-17(19)20/h2-9,17H,10-11H2,1H3,(H,21,23). The molecule has 128 valence electrons. The number of nitrogens with one attached hydrogen (secondary N) is 1. The first-order chi connectivity index (χ1) is 11.4. The number of carbonyl (C=O) groups excluding carboxylic acids is 1. The first-order valence-electron chi connectivity index (χ1n) is 7.20. The molecule has 0 aliphatic heterocycles. The second-order valence-electron chi connectivity index (χ2n) is 5.23. The van der Waals surface area contributed by atoms with Gasteiger partial charge in [-0.15, -0.1) is 0 Å². The minimum atomic E-state index is -2.95. The first kappa shape index (κ1) is 18.2. The molecule has 0 aromatic heterocycles. The maximum atomic E-state index is 12.2. The fraction of sp³-hybridized carbons (Fsp3) is 0.235. The zero-order valence-corrected chi connectivity index (χ0v) is 13.8. The van der Waals surface area contributed by atoms with Crippen molar-refractivity contribution in [2.24, 2.45) is 0 Å². The molecule has 0 fully saturated rings. The van der Waals surface area contributed by atoms with Gasteiger partial charge in [0.15, 0.2) is 0 Å². The van der Waals surface area contributed by atoms with Crippen LogP contribution in [0, 0.1) is 0 Å². The highest BCUT2D eigenvalue weighted by atomic mass is 35.5. The van der Waals surface area contributed by atoms with Crippen molar-refractivity contribution in [3.8, 4) is 5.75 Å². The SMILES string of the molecule is CN(CC(=O)Nc1ccc(OC(F)F)c(Cl)c1)Cc1ccccc1. The summed E-state index contributed by atoms with van der Waals surface area (Å²) < 4.78 is 28.6. The van der Waals surface area contributed by atoms with Crippen molar-refractivity contribution in [3.05, 3.63) is 59.1 Å². The van der Waals surface area contributed by atoms with E-state index in [1.165, 1.54) is 18.2 Å². The van der Waals surface area contributed by atoms with Gasteiger partial charge in [0.05, 0.1) is 11.6 Å². The van der Waals surface area contributed by atoms with Gasteiger partial charge in [-0.1, -0.05) is 41.9 Å². The zero-order valence-electron chi connectivity index (χ0n) is 13.0. The highest BCUT2D eigenvalue weighted by Gasteiger charge is 2.11. The Morgan fingerprint density at radius 2 is 1.96 bits per heavy atom.